The van der Waals surface area contributed by atoms with Crippen LogP contribution < -0.4 is 11.0 Å². The summed E-state index contributed by atoms with van der Waals surface area (Å²) in [6, 6.07) is 1.84. The standard InChI is InChI=1S/C6H7BrN4O/c1-11-9-6(8-10-11)5-2-4(7)3-12-5/h2-3,10H,1H3,(H,8,9). The van der Waals surface area contributed by atoms with Gasteiger partial charge in [0.25, 0.3) is 0 Å². The molecule has 0 bridgehead atoms. The number of hydrazine groups is 2. The van der Waals surface area contributed by atoms with Crippen molar-refractivity contribution in [2.75, 3.05) is 7.05 Å². The highest BCUT2D eigenvalue weighted by molar-refractivity contribution is 9.10. The van der Waals surface area contributed by atoms with E-state index >= 15 is 0 Å². The van der Waals surface area contributed by atoms with Crippen LogP contribution in [0.3, 0.4) is 0 Å². The van der Waals surface area contributed by atoms with Crippen LogP contribution in [0, 0.1) is 0 Å². The number of hydrazone groups is 1. The maximum absolute atomic E-state index is 5.19. The smallest absolute Gasteiger partial charge is 0.206 e. The molecule has 1 aromatic heterocycles. The largest absolute Gasteiger partial charge is 0.460 e. The highest BCUT2D eigenvalue weighted by atomic mass is 79.9. The molecule has 6 heteroatoms. The minimum Gasteiger partial charge on any atom is -0.460 e. The van der Waals surface area contributed by atoms with E-state index in [9.17, 15) is 0 Å². The van der Waals surface area contributed by atoms with Gasteiger partial charge in [0, 0.05) is 13.1 Å². The second kappa shape index (κ2) is 2.80. The zero-order valence-electron chi connectivity index (χ0n) is 6.34. The number of hydrogen-bond acceptors (Lipinski definition) is 5. The number of nitrogens with zero attached hydrogens (tertiary/aromatic N) is 2. The van der Waals surface area contributed by atoms with E-state index in [-0.39, 0.29) is 0 Å². The van der Waals surface area contributed by atoms with Crippen LogP contribution in [-0.2, 0) is 0 Å². The molecular formula is C6H7BrN4O. The molecule has 0 amide bonds. The average molecular weight is 231 g/mol. The Morgan fingerprint density at radius 1 is 1.67 bits per heavy atom. The van der Waals surface area contributed by atoms with Gasteiger partial charge in [-0.25, -0.2) is 5.53 Å². The normalized spacial score (nSPS) is 17.0. The van der Waals surface area contributed by atoms with Crippen molar-refractivity contribution in [3.63, 3.8) is 0 Å². The predicted octanol–water partition coefficient (Wildman–Crippen LogP) is 0.658. The fourth-order valence-electron chi connectivity index (χ4n) is 0.881. The molecule has 0 aromatic carbocycles. The van der Waals surface area contributed by atoms with Gasteiger partial charge in [0.05, 0.1) is 4.47 Å². The SMILES string of the molecule is CN1NN=C(c2cc(Br)co2)N1. The van der Waals surface area contributed by atoms with E-state index in [0.29, 0.717) is 11.6 Å². The maximum Gasteiger partial charge on any atom is 0.206 e. The Labute approximate surface area is 77.5 Å². The summed E-state index contributed by atoms with van der Waals surface area (Å²) in [7, 11) is 1.81. The zero-order valence-corrected chi connectivity index (χ0v) is 7.92. The van der Waals surface area contributed by atoms with Crippen LogP contribution >= 0.6 is 15.9 Å². The first-order chi connectivity index (χ1) is 5.75. The van der Waals surface area contributed by atoms with E-state index in [4.69, 9.17) is 4.42 Å². The molecule has 0 saturated carbocycles. The minimum atomic E-state index is 0.670. The van der Waals surface area contributed by atoms with Crippen molar-refractivity contribution in [2.45, 2.75) is 0 Å². The summed E-state index contributed by atoms with van der Waals surface area (Å²) in [5, 5.41) is 5.60. The fourth-order valence-corrected chi connectivity index (χ4v) is 1.18. The molecule has 0 spiro atoms. The summed E-state index contributed by atoms with van der Waals surface area (Å²) in [5.74, 6) is 1.36. The number of hydrogen-bond donors (Lipinski definition) is 2. The molecule has 12 heavy (non-hydrogen) atoms. The summed E-state index contributed by atoms with van der Waals surface area (Å²) >= 11 is 3.28. The maximum atomic E-state index is 5.19. The molecule has 1 aromatic rings. The molecule has 0 saturated heterocycles. The number of amidine groups is 1. The highest BCUT2D eigenvalue weighted by Gasteiger charge is 2.14. The van der Waals surface area contributed by atoms with Crippen LogP contribution in [-0.4, -0.2) is 18.0 Å². The monoisotopic (exact) mass is 230 g/mol. The topological polar surface area (TPSA) is 52.8 Å². The number of halogens is 1. The molecule has 1 aliphatic rings. The Hall–Kier alpha value is -1.01. The molecule has 0 fully saturated rings. The van der Waals surface area contributed by atoms with E-state index in [1.807, 2.05) is 13.1 Å². The first kappa shape index (κ1) is 7.63. The Morgan fingerprint density at radius 3 is 3.00 bits per heavy atom. The third kappa shape index (κ3) is 1.30. The van der Waals surface area contributed by atoms with Crippen LogP contribution in [0.15, 0.2) is 26.3 Å². The summed E-state index contributed by atoms with van der Waals surface area (Å²) in [6.45, 7) is 0. The second-order valence-electron chi connectivity index (χ2n) is 2.36. The molecule has 1 aliphatic heterocycles. The molecule has 5 nitrogen and oxygen atoms in total. The van der Waals surface area contributed by atoms with E-state index in [1.54, 1.807) is 11.4 Å². The summed E-state index contributed by atoms with van der Waals surface area (Å²) in [5.41, 5.74) is 5.65. The van der Waals surface area contributed by atoms with E-state index in [2.05, 4.69) is 32.0 Å². The van der Waals surface area contributed by atoms with Gasteiger partial charge in [-0.1, -0.05) is 0 Å². The summed E-state index contributed by atoms with van der Waals surface area (Å²) in [4.78, 5) is 0. The Bertz CT molecular complexity index is 321. The van der Waals surface area contributed by atoms with E-state index in [0.717, 1.165) is 4.47 Å². The molecule has 0 aliphatic carbocycles. The highest BCUT2D eigenvalue weighted by Crippen LogP contribution is 2.14. The van der Waals surface area contributed by atoms with Crippen LogP contribution in [0.2, 0.25) is 0 Å². The third-order valence-electron chi connectivity index (χ3n) is 1.39. The molecule has 0 unspecified atom stereocenters. The minimum absolute atomic E-state index is 0.670. The molecule has 0 atom stereocenters. The van der Waals surface area contributed by atoms with E-state index < -0.39 is 0 Å². The van der Waals surface area contributed by atoms with Crippen LogP contribution in [0.25, 0.3) is 0 Å². The van der Waals surface area contributed by atoms with Crippen molar-refractivity contribution in [1.29, 1.82) is 0 Å². The van der Waals surface area contributed by atoms with Gasteiger partial charge in [0.2, 0.25) is 5.84 Å². The second-order valence-corrected chi connectivity index (χ2v) is 3.28. The van der Waals surface area contributed by atoms with Crippen LogP contribution in [0.5, 0.6) is 0 Å². The van der Waals surface area contributed by atoms with Gasteiger partial charge in [-0.3, -0.25) is 5.43 Å². The van der Waals surface area contributed by atoms with Crippen molar-refractivity contribution in [1.82, 2.24) is 16.1 Å². The van der Waals surface area contributed by atoms with Gasteiger partial charge in [-0.2, -0.15) is 0 Å². The lowest BCUT2D eigenvalue weighted by atomic mass is 10.4. The number of nitrogens with one attached hydrogen (secondary N) is 2. The zero-order chi connectivity index (χ0) is 8.55. The summed E-state index contributed by atoms with van der Waals surface area (Å²) < 4.78 is 6.09. The average Bonchev–Trinajstić information content (AvgIpc) is 2.58. The third-order valence-corrected chi connectivity index (χ3v) is 1.80. The molecule has 2 N–H and O–H groups in total. The first-order valence-corrected chi connectivity index (χ1v) is 4.13. The van der Waals surface area contributed by atoms with Gasteiger partial charge in [-0.15, -0.1) is 10.2 Å². The van der Waals surface area contributed by atoms with Crippen molar-refractivity contribution in [2.24, 2.45) is 5.10 Å². The molecular weight excluding hydrogens is 224 g/mol. The van der Waals surface area contributed by atoms with Crippen LogP contribution in [0.1, 0.15) is 5.76 Å². The lowest BCUT2D eigenvalue weighted by Crippen LogP contribution is -2.37. The Kier molecular flexibility index (Phi) is 1.78. The molecule has 64 valence electrons. The fraction of sp³-hybridized carbons (Fsp3) is 0.167. The van der Waals surface area contributed by atoms with Crippen molar-refractivity contribution < 1.29 is 4.42 Å². The van der Waals surface area contributed by atoms with Crippen molar-refractivity contribution in [3.05, 3.63) is 22.6 Å². The predicted molar refractivity (Wildman–Crippen MR) is 47.0 cm³/mol. The summed E-state index contributed by atoms with van der Waals surface area (Å²) in [6.07, 6.45) is 1.61. The van der Waals surface area contributed by atoms with Crippen LogP contribution in [0.4, 0.5) is 0 Å². The number of furan rings is 1. The lowest BCUT2D eigenvalue weighted by molar-refractivity contribution is 0.231. The van der Waals surface area contributed by atoms with E-state index in [1.165, 1.54) is 0 Å². The first-order valence-electron chi connectivity index (χ1n) is 3.34. The number of rotatable bonds is 1. The van der Waals surface area contributed by atoms with Gasteiger partial charge in [-0.05, 0) is 15.9 Å². The Morgan fingerprint density at radius 2 is 2.50 bits per heavy atom. The van der Waals surface area contributed by atoms with Gasteiger partial charge < -0.3 is 4.42 Å². The van der Waals surface area contributed by atoms with Crippen molar-refractivity contribution in [3.8, 4) is 0 Å². The quantitative estimate of drug-likeness (QED) is 0.745. The van der Waals surface area contributed by atoms with Gasteiger partial charge in [0.1, 0.15) is 6.26 Å². The van der Waals surface area contributed by atoms with Gasteiger partial charge in [0.15, 0.2) is 5.76 Å². The van der Waals surface area contributed by atoms with Gasteiger partial charge >= 0.3 is 0 Å². The lowest BCUT2D eigenvalue weighted by Gasteiger charge is -2.06. The molecule has 2 rings (SSSR count). The molecule has 0 radical (unpaired) electrons. The van der Waals surface area contributed by atoms with Crippen molar-refractivity contribution >= 4 is 21.8 Å². The molecule has 2 heterocycles. The Balaban J connectivity index is 2.21.